The molecule has 0 spiro atoms. The average Bonchev–Trinajstić information content (AvgIpc) is 2.26. The maximum Gasteiger partial charge on any atom is 0.252 e. The maximum absolute atomic E-state index is 11.3. The van der Waals surface area contributed by atoms with Crippen LogP contribution in [0.25, 0.3) is 0 Å². The molecule has 0 aliphatic rings. The Balaban J connectivity index is 2.44. The van der Waals surface area contributed by atoms with E-state index in [0.717, 1.165) is 0 Å². The molecule has 14 heavy (non-hydrogen) atoms. The zero-order chi connectivity index (χ0) is 10.4. The Morgan fingerprint density at radius 1 is 1.64 bits per heavy atom. The largest absolute Gasteiger partial charge is 0.394 e. The Kier molecular flexibility index (Phi) is 4.03. The lowest BCUT2D eigenvalue weighted by molar-refractivity contribution is 0.0801. The maximum atomic E-state index is 11.3. The van der Waals surface area contributed by atoms with Crippen molar-refractivity contribution in [2.75, 3.05) is 13.2 Å². The predicted molar refractivity (Wildman–Crippen MR) is 49.7 cm³/mol. The van der Waals surface area contributed by atoms with Crippen LogP contribution in [0.15, 0.2) is 24.5 Å². The molecule has 76 valence electrons. The number of carbonyl (C=O) groups excluding carboxylic acids is 1. The predicted octanol–water partition coefficient (Wildman–Crippen LogP) is -0.835. The molecule has 0 aliphatic heterocycles. The van der Waals surface area contributed by atoms with E-state index in [-0.39, 0.29) is 19.1 Å². The van der Waals surface area contributed by atoms with Crippen LogP contribution in [0.4, 0.5) is 0 Å². The Labute approximate surface area is 81.4 Å². The molecule has 1 heterocycles. The van der Waals surface area contributed by atoms with E-state index in [4.69, 9.17) is 10.2 Å². The van der Waals surface area contributed by atoms with Crippen LogP contribution < -0.4 is 5.32 Å². The highest BCUT2D eigenvalue weighted by Gasteiger charge is 2.07. The fourth-order valence-electron chi connectivity index (χ4n) is 0.874. The van der Waals surface area contributed by atoms with E-state index in [0.29, 0.717) is 5.56 Å². The first-order valence-corrected chi connectivity index (χ1v) is 4.21. The van der Waals surface area contributed by atoms with Crippen molar-refractivity contribution in [2.45, 2.75) is 6.10 Å². The molecule has 5 heteroatoms. The van der Waals surface area contributed by atoms with Gasteiger partial charge in [0, 0.05) is 18.9 Å². The summed E-state index contributed by atoms with van der Waals surface area (Å²) in [5.74, 6) is -0.314. The molecule has 0 bridgehead atoms. The highest BCUT2D eigenvalue weighted by Crippen LogP contribution is 1.94. The summed E-state index contributed by atoms with van der Waals surface area (Å²) in [6, 6.07) is 3.27. The first-order chi connectivity index (χ1) is 6.74. The average molecular weight is 196 g/mol. The smallest absolute Gasteiger partial charge is 0.252 e. The lowest BCUT2D eigenvalue weighted by Gasteiger charge is -2.08. The van der Waals surface area contributed by atoms with Gasteiger partial charge in [-0.25, -0.2) is 0 Å². The van der Waals surface area contributed by atoms with E-state index >= 15 is 0 Å². The van der Waals surface area contributed by atoms with Crippen molar-refractivity contribution in [3.05, 3.63) is 30.1 Å². The van der Waals surface area contributed by atoms with Gasteiger partial charge in [0.2, 0.25) is 0 Å². The van der Waals surface area contributed by atoms with Gasteiger partial charge in [0.1, 0.15) is 0 Å². The number of nitrogens with zero attached hydrogens (tertiary/aromatic N) is 1. The van der Waals surface area contributed by atoms with E-state index in [9.17, 15) is 4.79 Å². The number of aliphatic hydroxyl groups excluding tert-OH is 2. The number of carbonyl (C=O) groups is 1. The summed E-state index contributed by atoms with van der Waals surface area (Å²) < 4.78 is 0. The summed E-state index contributed by atoms with van der Waals surface area (Å²) in [5.41, 5.74) is 0.428. The van der Waals surface area contributed by atoms with Crippen molar-refractivity contribution in [3.63, 3.8) is 0 Å². The summed E-state index contributed by atoms with van der Waals surface area (Å²) in [6.07, 6.45) is 2.08. The van der Waals surface area contributed by atoms with Crippen molar-refractivity contribution in [1.29, 1.82) is 0 Å². The van der Waals surface area contributed by atoms with Gasteiger partial charge in [0.05, 0.1) is 18.3 Å². The van der Waals surface area contributed by atoms with E-state index in [2.05, 4.69) is 10.3 Å². The topological polar surface area (TPSA) is 82.5 Å². The fourth-order valence-corrected chi connectivity index (χ4v) is 0.874. The number of hydrogen-bond donors (Lipinski definition) is 3. The number of amides is 1. The van der Waals surface area contributed by atoms with Gasteiger partial charge in [-0.2, -0.15) is 0 Å². The minimum atomic E-state index is -0.921. The number of pyridine rings is 1. The Morgan fingerprint density at radius 3 is 3.00 bits per heavy atom. The van der Waals surface area contributed by atoms with Crippen LogP contribution in [0.3, 0.4) is 0 Å². The molecule has 0 fully saturated rings. The van der Waals surface area contributed by atoms with Crippen LogP contribution in [-0.4, -0.2) is 40.4 Å². The molecular weight excluding hydrogens is 184 g/mol. The SMILES string of the molecule is O=C(NC[C@H](O)CO)c1cccnc1. The minimum Gasteiger partial charge on any atom is -0.394 e. The first-order valence-electron chi connectivity index (χ1n) is 4.21. The third-order valence-electron chi connectivity index (χ3n) is 1.63. The third kappa shape index (κ3) is 3.12. The summed E-state index contributed by atoms with van der Waals surface area (Å²) >= 11 is 0. The van der Waals surface area contributed by atoms with Crippen molar-refractivity contribution in [3.8, 4) is 0 Å². The zero-order valence-corrected chi connectivity index (χ0v) is 7.55. The third-order valence-corrected chi connectivity index (χ3v) is 1.63. The molecule has 0 radical (unpaired) electrons. The number of aliphatic hydroxyl groups is 2. The minimum absolute atomic E-state index is 0.0320. The molecule has 1 amide bonds. The second-order valence-electron chi connectivity index (χ2n) is 2.79. The molecule has 0 unspecified atom stereocenters. The van der Waals surface area contributed by atoms with Crippen LogP contribution in [0.1, 0.15) is 10.4 Å². The molecular formula is C9H12N2O3. The first kappa shape index (κ1) is 10.6. The van der Waals surface area contributed by atoms with Gasteiger partial charge in [-0.1, -0.05) is 0 Å². The van der Waals surface area contributed by atoms with Gasteiger partial charge in [-0.05, 0) is 12.1 Å². The summed E-state index contributed by atoms with van der Waals surface area (Å²) in [4.78, 5) is 15.1. The molecule has 1 atom stereocenters. The van der Waals surface area contributed by atoms with Gasteiger partial charge in [0.15, 0.2) is 0 Å². The molecule has 3 N–H and O–H groups in total. The summed E-state index contributed by atoms with van der Waals surface area (Å²) in [7, 11) is 0. The van der Waals surface area contributed by atoms with Crippen LogP contribution in [0.2, 0.25) is 0 Å². The van der Waals surface area contributed by atoms with E-state index in [1.807, 2.05) is 0 Å². The van der Waals surface area contributed by atoms with Crippen LogP contribution in [0, 0.1) is 0 Å². The normalized spacial score (nSPS) is 12.1. The molecule has 0 aromatic carbocycles. The van der Waals surface area contributed by atoms with Crippen LogP contribution >= 0.6 is 0 Å². The van der Waals surface area contributed by atoms with E-state index in [1.165, 1.54) is 6.20 Å². The highest BCUT2D eigenvalue weighted by atomic mass is 16.3. The quantitative estimate of drug-likeness (QED) is 0.586. The Hall–Kier alpha value is -1.46. The Bertz CT molecular complexity index is 289. The lowest BCUT2D eigenvalue weighted by Crippen LogP contribution is -2.33. The van der Waals surface area contributed by atoms with E-state index in [1.54, 1.807) is 18.3 Å². The van der Waals surface area contributed by atoms with E-state index < -0.39 is 6.10 Å². The molecule has 0 aliphatic carbocycles. The van der Waals surface area contributed by atoms with Gasteiger partial charge >= 0.3 is 0 Å². The monoisotopic (exact) mass is 196 g/mol. The number of rotatable bonds is 4. The number of nitrogens with one attached hydrogen (secondary N) is 1. The fraction of sp³-hybridized carbons (Fsp3) is 0.333. The summed E-state index contributed by atoms with van der Waals surface area (Å²) in [6.45, 7) is -0.336. The molecule has 0 saturated heterocycles. The lowest BCUT2D eigenvalue weighted by atomic mass is 10.2. The number of hydrogen-bond acceptors (Lipinski definition) is 4. The second-order valence-corrected chi connectivity index (χ2v) is 2.79. The van der Waals surface area contributed by atoms with Gasteiger partial charge < -0.3 is 15.5 Å². The van der Waals surface area contributed by atoms with Crippen molar-refractivity contribution < 1.29 is 15.0 Å². The summed E-state index contributed by atoms with van der Waals surface area (Å²) in [5, 5.41) is 19.9. The van der Waals surface area contributed by atoms with Crippen molar-refractivity contribution in [2.24, 2.45) is 0 Å². The highest BCUT2D eigenvalue weighted by molar-refractivity contribution is 5.93. The van der Waals surface area contributed by atoms with Crippen molar-refractivity contribution >= 4 is 5.91 Å². The molecule has 5 nitrogen and oxygen atoms in total. The van der Waals surface area contributed by atoms with Crippen LogP contribution in [0.5, 0.6) is 0 Å². The molecule has 1 rings (SSSR count). The van der Waals surface area contributed by atoms with Gasteiger partial charge in [-0.15, -0.1) is 0 Å². The van der Waals surface area contributed by atoms with Gasteiger partial charge in [-0.3, -0.25) is 9.78 Å². The molecule has 0 saturated carbocycles. The molecule has 1 aromatic heterocycles. The second kappa shape index (κ2) is 5.31. The van der Waals surface area contributed by atoms with Crippen molar-refractivity contribution in [1.82, 2.24) is 10.3 Å². The number of aromatic nitrogens is 1. The zero-order valence-electron chi connectivity index (χ0n) is 7.55. The van der Waals surface area contributed by atoms with Gasteiger partial charge in [0.25, 0.3) is 5.91 Å². The molecule has 1 aromatic rings. The standard InChI is InChI=1S/C9H12N2O3/c12-6-8(13)5-11-9(14)7-2-1-3-10-4-7/h1-4,8,12-13H,5-6H2,(H,11,14)/t8-/m0/s1. The Morgan fingerprint density at radius 2 is 2.43 bits per heavy atom. The van der Waals surface area contributed by atoms with Crippen LogP contribution in [-0.2, 0) is 0 Å².